The van der Waals surface area contributed by atoms with Gasteiger partial charge in [0, 0.05) is 12.1 Å². The highest BCUT2D eigenvalue weighted by Crippen LogP contribution is 2.48. The number of rotatable bonds is 5. The third kappa shape index (κ3) is 3.84. The molecule has 2 heterocycles. The van der Waals surface area contributed by atoms with Crippen molar-refractivity contribution in [3.63, 3.8) is 0 Å². The molecule has 0 radical (unpaired) electrons. The van der Waals surface area contributed by atoms with E-state index in [1.165, 1.54) is 23.3 Å². The van der Waals surface area contributed by atoms with Crippen molar-refractivity contribution in [2.45, 2.75) is 19.1 Å². The van der Waals surface area contributed by atoms with E-state index < -0.39 is 34.8 Å². The molecule has 2 amide bonds. The van der Waals surface area contributed by atoms with Gasteiger partial charge in [0.15, 0.2) is 6.10 Å². The predicted molar refractivity (Wildman–Crippen MR) is 131 cm³/mol. The summed E-state index contributed by atoms with van der Waals surface area (Å²) in [6.45, 7) is 1.92. The molecule has 35 heavy (non-hydrogen) atoms. The summed E-state index contributed by atoms with van der Waals surface area (Å²) in [5, 5.41) is 12.8. The van der Waals surface area contributed by atoms with Gasteiger partial charge in [-0.1, -0.05) is 29.8 Å². The second-order valence-electron chi connectivity index (χ2n) is 8.34. The van der Waals surface area contributed by atoms with Crippen LogP contribution in [-0.2, 0) is 14.4 Å². The first-order valence-electron chi connectivity index (χ1n) is 10.8. The lowest BCUT2D eigenvalue weighted by atomic mass is 9.90. The minimum atomic E-state index is -1.08. The van der Waals surface area contributed by atoms with Gasteiger partial charge in [-0.25, -0.2) is 9.96 Å². The fraction of sp³-hybridized carbons (Fsp3) is 0.200. The minimum absolute atomic E-state index is 0.128. The SMILES string of the molecule is COc1ccc([C@@H]2[C@H]3C(=O)N(c4ccc(C)cc4)C(=O)[C@@H]3ON2c2cccc([N+](=O)[O-])c2)cc1Br. The molecule has 3 aromatic rings. The molecule has 0 spiro atoms. The highest BCUT2D eigenvalue weighted by Gasteiger charge is 2.60. The van der Waals surface area contributed by atoms with E-state index in [9.17, 15) is 19.7 Å². The average molecular weight is 538 g/mol. The Bertz CT molecular complexity index is 1350. The third-order valence-corrected chi connectivity index (χ3v) is 6.84. The van der Waals surface area contributed by atoms with Crippen LogP contribution in [0.25, 0.3) is 0 Å². The molecule has 2 aliphatic rings. The number of imide groups is 1. The van der Waals surface area contributed by atoms with Crippen molar-refractivity contribution in [2.24, 2.45) is 5.92 Å². The molecule has 0 saturated carbocycles. The van der Waals surface area contributed by atoms with Gasteiger partial charge in [0.2, 0.25) is 5.91 Å². The van der Waals surface area contributed by atoms with Crippen LogP contribution < -0.4 is 14.7 Å². The molecule has 0 N–H and O–H groups in total. The summed E-state index contributed by atoms with van der Waals surface area (Å²) in [6.07, 6.45) is -1.08. The van der Waals surface area contributed by atoms with Crippen LogP contribution in [0.3, 0.4) is 0 Å². The molecule has 0 aliphatic carbocycles. The standard InChI is InChI=1S/C25H20BrN3O6/c1-14-6-9-16(10-7-14)27-24(30)21-22(15-8-11-20(34-2)19(26)12-15)28(35-23(21)25(27)31)17-4-3-5-18(13-17)29(32)33/h3-13,21-23H,1-2H3/t21-,22-,23-/m1/s1. The number of hydrogen-bond donors (Lipinski definition) is 0. The third-order valence-electron chi connectivity index (χ3n) is 6.22. The van der Waals surface area contributed by atoms with Gasteiger partial charge in [-0.15, -0.1) is 0 Å². The van der Waals surface area contributed by atoms with Crippen molar-refractivity contribution in [2.75, 3.05) is 17.1 Å². The Morgan fingerprint density at radius 1 is 1.00 bits per heavy atom. The van der Waals surface area contributed by atoms with Gasteiger partial charge in [0.1, 0.15) is 11.7 Å². The number of anilines is 2. The number of non-ortho nitro benzene ring substituents is 1. The molecule has 3 atom stereocenters. The van der Waals surface area contributed by atoms with Gasteiger partial charge in [0.25, 0.3) is 11.6 Å². The first-order chi connectivity index (χ1) is 16.8. The summed E-state index contributed by atoms with van der Waals surface area (Å²) in [7, 11) is 1.54. The summed E-state index contributed by atoms with van der Waals surface area (Å²) < 4.78 is 5.99. The van der Waals surface area contributed by atoms with Crippen LogP contribution in [0.2, 0.25) is 0 Å². The molecule has 0 unspecified atom stereocenters. The Balaban J connectivity index is 1.61. The smallest absolute Gasteiger partial charge is 0.271 e. The van der Waals surface area contributed by atoms with Crippen LogP contribution in [0.4, 0.5) is 17.1 Å². The van der Waals surface area contributed by atoms with Gasteiger partial charge in [-0.2, -0.15) is 0 Å². The van der Waals surface area contributed by atoms with Gasteiger partial charge >= 0.3 is 0 Å². The highest BCUT2D eigenvalue weighted by molar-refractivity contribution is 9.10. The second kappa shape index (κ2) is 8.79. The number of ether oxygens (including phenoxy) is 1. The summed E-state index contributed by atoms with van der Waals surface area (Å²) in [4.78, 5) is 45.2. The lowest BCUT2D eigenvalue weighted by molar-refractivity contribution is -0.384. The maximum atomic E-state index is 13.7. The molecule has 2 fully saturated rings. The van der Waals surface area contributed by atoms with Crippen molar-refractivity contribution < 1.29 is 24.1 Å². The van der Waals surface area contributed by atoms with Crippen LogP contribution in [-0.4, -0.2) is 30.0 Å². The van der Waals surface area contributed by atoms with E-state index in [2.05, 4.69) is 15.9 Å². The van der Waals surface area contributed by atoms with Crippen molar-refractivity contribution in [1.82, 2.24) is 0 Å². The number of fused-ring (bicyclic) bond motifs is 1. The van der Waals surface area contributed by atoms with Crippen LogP contribution in [0, 0.1) is 23.0 Å². The minimum Gasteiger partial charge on any atom is -0.496 e. The molecule has 0 aromatic heterocycles. The van der Waals surface area contributed by atoms with Crippen molar-refractivity contribution in [1.29, 1.82) is 0 Å². The number of aryl methyl sites for hydroxylation is 1. The summed E-state index contributed by atoms with van der Waals surface area (Å²) in [5.74, 6) is -1.13. The van der Waals surface area contributed by atoms with E-state index in [0.717, 1.165) is 10.5 Å². The number of nitrogens with zero attached hydrogens (tertiary/aromatic N) is 3. The Morgan fingerprint density at radius 3 is 2.40 bits per heavy atom. The van der Waals surface area contributed by atoms with Gasteiger partial charge in [-0.05, 0) is 58.7 Å². The average Bonchev–Trinajstić information content (AvgIpc) is 3.36. The monoisotopic (exact) mass is 537 g/mol. The van der Waals surface area contributed by atoms with Crippen LogP contribution >= 0.6 is 15.9 Å². The van der Waals surface area contributed by atoms with Crippen LogP contribution in [0.1, 0.15) is 17.2 Å². The fourth-order valence-electron chi connectivity index (χ4n) is 4.54. The number of nitro groups is 1. The van der Waals surface area contributed by atoms with Gasteiger partial charge in [0.05, 0.1) is 33.9 Å². The van der Waals surface area contributed by atoms with Crippen LogP contribution in [0.5, 0.6) is 5.75 Å². The number of hydroxylamine groups is 1. The Hall–Kier alpha value is -3.76. The fourth-order valence-corrected chi connectivity index (χ4v) is 5.09. The number of halogens is 1. The van der Waals surface area contributed by atoms with Gasteiger partial charge in [-0.3, -0.25) is 24.5 Å². The maximum absolute atomic E-state index is 13.7. The topological polar surface area (TPSA) is 102 Å². The number of hydrogen-bond acceptors (Lipinski definition) is 7. The molecular formula is C25H20BrN3O6. The largest absolute Gasteiger partial charge is 0.496 e. The number of benzene rings is 3. The lowest BCUT2D eigenvalue weighted by Crippen LogP contribution is -2.37. The van der Waals surface area contributed by atoms with E-state index >= 15 is 0 Å². The molecule has 9 nitrogen and oxygen atoms in total. The maximum Gasteiger partial charge on any atom is 0.271 e. The molecule has 3 aromatic carbocycles. The first kappa shape index (κ1) is 23.0. The summed E-state index contributed by atoms with van der Waals surface area (Å²) in [5.41, 5.74) is 2.40. The Labute approximate surface area is 209 Å². The van der Waals surface area contributed by atoms with E-state index in [4.69, 9.17) is 9.57 Å². The Kier molecular flexibility index (Phi) is 5.78. The molecule has 10 heteroatoms. The van der Waals surface area contributed by atoms with Crippen LogP contribution in [0.15, 0.2) is 71.2 Å². The second-order valence-corrected chi connectivity index (χ2v) is 9.20. The van der Waals surface area contributed by atoms with E-state index in [-0.39, 0.29) is 5.69 Å². The van der Waals surface area contributed by atoms with Crippen molar-refractivity contribution in [3.05, 3.63) is 92.4 Å². The number of carbonyl (C=O) groups excluding carboxylic acids is 2. The van der Waals surface area contributed by atoms with Crippen molar-refractivity contribution in [3.8, 4) is 5.75 Å². The number of methoxy groups -OCH3 is 1. The number of nitro benzene ring substituents is 1. The lowest BCUT2D eigenvalue weighted by Gasteiger charge is -2.29. The molecule has 2 aliphatic heterocycles. The number of carbonyl (C=O) groups is 2. The first-order valence-corrected chi connectivity index (χ1v) is 11.6. The molecule has 2 saturated heterocycles. The van der Waals surface area contributed by atoms with Gasteiger partial charge < -0.3 is 4.74 Å². The molecule has 0 bridgehead atoms. The number of amides is 2. The van der Waals surface area contributed by atoms with E-state index in [0.29, 0.717) is 27.2 Å². The summed E-state index contributed by atoms with van der Waals surface area (Å²) >= 11 is 3.48. The normalized spacial score (nSPS) is 21.4. The van der Waals surface area contributed by atoms with E-state index in [1.54, 1.807) is 43.5 Å². The highest BCUT2D eigenvalue weighted by atomic mass is 79.9. The molecule has 5 rings (SSSR count). The van der Waals surface area contributed by atoms with E-state index in [1.807, 2.05) is 19.1 Å². The van der Waals surface area contributed by atoms with Crippen molar-refractivity contribution >= 4 is 44.8 Å². The zero-order valence-electron chi connectivity index (χ0n) is 18.8. The summed E-state index contributed by atoms with van der Waals surface area (Å²) in [6, 6.07) is 17.6. The zero-order valence-corrected chi connectivity index (χ0v) is 20.3. The predicted octanol–water partition coefficient (Wildman–Crippen LogP) is 4.73. The Morgan fingerprint density at radius 2 is 1.74 bits per heavy atom. The quantitative estimate of drug-likeness (QED) is 0.263. The zero-order chi connectivity index (χ0) is 24.9. The molecule has 178 valence electrons. The molecular weight excluding hydrogens is 518 g/mol.